The van der Waals surface area contributed by atoms with Crippen LogP contribution in [-0.4, -0.2) is 72.3 Å². The second kappa shape index (κ2) is 11.2. The Labute approximate surface area is 241 Å². The van der Waals surface area contributed by atoms with Gasteiger partial charge < -0.3 is 31.8 Å². The molecule has 1 aliphatic carbocycles. The summed E-state index contributed by atoms with van der Waals surface area (Å²) < 4.78 is 1.83. The number of hydrogen-bond donors (Lipinski definition) is 5. The van der Waals surface area contributed by atoms with Gasteiger partial charge in [0.2, 0.25) is 5.60 Å². The van der Waals surface area contributed by atoms with E-state index < -0.39 is 40.8 Å². The summed E-state index contributed by atoms with van der Waals surface area (Å²) in [6, 6.07) is 2.50. The van der Waals surface area contributed by atoms with E-state index in [1.165, 1.54) is 17.1 Å². The summed E-state index contributed by atoms with van der Waals surface area (Å²) in [5.74, 6) is -3.62. The maximum absolute atomic E-state index is 13.3. The number of carbonyl (C=O) groups is 4. The molecule has 0 bridgehead atoms. The number of carboxylic acids is 2. The van der Waals surface area contributed by atoms with E-state index in [1.807, 2.05) is 10.8 Å². The number of nitrogens with two attached hydrogens (primary N) is 2. The van der Waals surface area contributed by atoms with Crippen LogP contribution in [0.15, 0.2) is 58.5 Å². The van der Waals surface area contributed by atoms with Gasteiger partial charge in [-0.15, -0.1) is 23.1 Å². The lowest BCUT2D eigenvalue weighted by Crippen LogP contribution is -2.71. The molecule has 0 spiro atoms. The highest BCUT2D eigenvalue weighted by atomic mass is 32.2. The first-order valence-corrected chi connectivity index (χ1v) is 14.4. The number of oxime groups is 1. The van der Waals surface area contributed by atoms with E-state index in [1.54, 1.807) is 30.5 Å². The minimum atomic E-state index is -1.54. The van der Waals surface area contributed by atoms with Gasteiger partial charge in [-0.3, -0.25) is 14.5 Å². The minimum Gasteiger partial charge on any atom is -0.478 e. The van der Waals surface area contributed by atoms with Crippen molar-refractivity contribution in [1.29, 1.82) is 0 Å². The largest absolute Gasteiger partial charge is 0.478 e. The third-order valence-corrected chi connectivity index (χ3v) is 8.82. The van der Waals surface area contributed by atoms with Gasteiger partial charge in [-0.25, -0.2) is 14.6 Å². The van der Waals surface area contributed by atoms with E-state index in [9.17, 15) is 29.4 Å². The summed E-state index contributed by atoms with van der Waals surface area (Å²) in [5.41, 5.74) is 10.6. The number of aromatic nitrogens is 2. The molecule has 7 N–H and O–H groups in total. The molecule has 0 radical (unpaired) electrons. The Kier molecular flexibility index (Phi) is 7.68. The van der Waals surface area contributed by atoms with Crippen LogP contribution in [0.1, 0.15) is 25.0 Å². The van der Waals surface area contributed by atoms with Crippen molar-refractivity contribution in [2.75, 3.05) is 17.2 Å². The third kappa shape index (κ3) is 5.47. The van der Waals surface area contributed by atoms with E-state index in [4.69, 9.17) is 16.3 Å². The average molecular weight is 601 g/mol. The SMILES string of the molecule is Nc1ccc[n+](CC=CC2=C(C(=O)O)N3C(=O)C(NC(=O)/C(=N\OC4(C(=O)O)CCC4)c4csc(N)n4)[C@@H]3SC2)c1. The van der Waals surface area contributed by atoms with Crippen molar-refractivity contribution in [3.63, 3.8) is 0 Å². The van der Waals surface area contributed by atoms with Crippen LogP contribution in [0.3, 0.4) is 0 Å². The molecule has 2 aromatic rings. The molecule has 2 fully saturated rings. The standard InChI is InChI=1S/C25H25N7O7S2/c26-14-5-2-9-31(10-14)8-1-4-13-11-40-21-17(20(34)32(21)18(13)22(35)36)29-19(33)16(15-12-41-24(27)28-15)30-39-25(23(37)38)6-3-7-25/h1-2,4-5,9-10,12,17,21H,3,6-8,11,26H2,(H4-,27,28,29,33,35,36,37,38)/p+1/b4-1?,30-16-/t17?,21-/m0/s1. The number of hydrogen-bond acceptors (Lipinski definition) is 11. The number of nitrogen functional groups attached to an aromatic ring is 2. The van der Waals surface area contributed by atoms with Gasteiger partial charge in [-0.05, 0) is 24.1 Å². The van der Waals surface area contributed by atoms with Gasteiger partial charge in [-0.2, -0.15) is 4.57 Å². The van der Waals surface area contributed by atoms with Crippen molar-refractivity contribution in [1.82, 2.24) is 15.2 Å². The lowest BCUT2D eigenvalue weighted by atomic mass is 9.80. The van der Waals surface area contributed by atoms with Crippen LogP contribution in [0.25, 0.3) is 0 Å². The fourth-order valence-electron chi connectivity index (χ4n) is 4.53. The number of aliphatic carboxylic acids is 2. The van der Waals surface area contributed by atoms with E-state index in [0.717, 1.165) is 16.2 Å². The molecule has 2 aliphatic heterocycles. The summed E-state index contributed by atoms with van der Waals surface area (Å²) in [6.45, 7) is 0.441. The highest BCUT2D eigenvalue weighted by molar-refractivity contribution is 8.00. The highest BCUT2D eigenvalue weighted by Gasteiger charge is 2.54. The monoisotopic (exact) mass is 600 g/mol. The molecule has 5 rings (SSSR count). The molecular weight excluding hydrogens is 574 g/mol. The Balaban J connectivity index is 1.32. The maximum atomic E-state index is 13.3. The Morgan fingerprint density at radius 2 is 2.10 bits per heavy atom. The number of fused-ring (bicyclic) bond motifs is 1. The van der Waals surface area contributed by atoms with Crippen LogP contribution in [0, 0.1) is 0 Å². The first-order chi connectivity index (χ1) is 19.6. The van der Waals surface area contributed by atoms with Crippen LogP contribution in [0.4, 0.5) is 10.8 Å². The molecule has 16 heteroatoms. The summed E-state index contributed by atoms with van der Waals surface area (Å²) >= 11 is 2.34. The molecule has 4 heterocycles. The summed E-state index contributed by atoms with van der Waals surface area (Å²) in [6.07, 6.45) is 8.09. The fraction of sp³-hybridized carbons (Fsp3) is 0.320. The van der Waals surface area contributed by atoms with Crippen LogP contribution >= 0.6 is 23.1 Å². The van der Waals surface area contributed by atoms with Crippen molar-refractivity contribution in [2.45, 2.75) is 42.8 Å². The van der Waals surface area contributed by atoms with E-state index >= 15 is 0 Å². The molecule has 41 heavy (non-hydrogen) atoms. The fourth-order valence-corrected chi connectivity index (χ4v) is 6.40. The van der Waals surface area contributed by atoms with Crippen molar-refractivity contribution >= 4 is 63.4 Å². The van der Waals surface area contributed by atoms with Crippen LogP contribution in [0.2, 0.25) is 0 Å². The number of amides is 2. The Morgan fingerprint density at radius 3 is 2.71 bits per heavy atom. The van der Waals surface area contributed by atoms with Crippen molar-refractivity contribution in [2.24, 2.45) is 5.16 Å². The van der Waals surface area contributed by atoms with Gasteiger partial charge in [0.05, 0.1) is 5.69 Å². The summed E-state index contributed by atoms with van der Waals surface area (Å²) in [5, 5.41) is 26.8. The van der Waals surface area contributed by atoms with E-state index in [0.29, 0.717) is 24.2 Å². The topological polar surface area (TPSA) is 214 Å². The number of thiazole rings is 1. The Hall–Kier alpha value is -4.44. The number of nitrogens with zero attached hydrogens (tertiary/aromatic N) is 4. The predicted molar refractivity (Wildman–Crippen MR) is 148 cm³/mol. The van der Waals surface area contributed by atoms with Gasteiger partial charge in [0.25, 0.3) is 11.8 Å². The van der Waals surface area contributed by atoms with Crippen LogP contribution in [-0.2, 0) is 30.6 Å². The molecule has 14 nitrogen and oxygen atoms in total. The molecule has 1 unspecified atom stereocenters. The van der Waals surface area contributed by atoms with E-state index in [-0.39, 0.29) is 40.8 Å². The zero-order chi connectivity index (χ0) is 29.3. The molecule has 2 amide bonds. The zero-order valence-electron chi connectivity index (χ0n) is 21.4. The van der Waals surface area contributed by atoms with Crippen LogP contribution in [0.5, 0.6) is 0 Å². The molecule has 1 saturated heterocycles. The van der Waals surface area contributed by atoms with Crippen molar-refractivity contribution < 1.29 is 38.8 Å². The Morgan fingerprint density at radius 1 is 1.32 bits per heavy atom. The minimum absolute atomic E-state index is 0.0568. The zero-order valence-corrected chi connectivity index (χ0v) is 23.1. The smallest absolute Gasteiger partial charge is 0.352 e. The Bertz CT molecular complexity index is 1510. The van der Waals surface area contributed by atoms with Gasteiger partial charge >= 0.3 is 11.9 Å². The molecular formula is C25H26N7O7S2+. The van der Waals surface area contributed by atoms with Crippen LogP contribution < -0.4 is 21.4 Å². The van der Waals surface area contributed by atoms with Gasteiger partial charge in [-0.1, -0.05) is 11.2 Å². The molecule has 2 atom stereocenters. The maximum Gasteiger partial charge on any atom is 0.352 e. The number of carboxylic acid groups (broad SMARTS) is 2. The lowest BCUT2D eigenvalue weighted by Gasteiger charge is -2.49. The number of pyridine rings is 1. The molecule has 1 saturated carbocycles. The number of allylic oxidation sites excluding steroid dienone is 2. The first-order valence-electron chi connectivity index (χ1n) is 12.4. The molecule has 214 valence electrons. The van der Waals surface area contributed by atoms with Crippen molar-refractivity contribution in [3.8, 4) is 0 Å². The highest BCUT2D eigenvalue weighted by Crippen LogP contribution is 2.41. The van der Waals surface area contributed by atoms with Gasteiger partial charge in [0.15, 0.2) is 29.8 Å². The predicted octanol–water partition coefficient (Wildman–Crippen LogP) is 0.318. The third-order valence-electron chi connectivity index (χ3n) is 6.85. The van der Waals surface area contributed by atoms with E-state index in [2.05, 4.69) is 15.5 Å². The summed E-state index contributed by atoms with van der Waals surface area (Å²) in [4.78, 5) is 60.8. The lowest BCUT2D eigenvalue weighted by molar-refractivity contribution is -0.686. The summed E-state index contributed by atoms with van der Waals surface area (Å²) in [7, 11) is 0. The number of anilines is 2. The molecule has 2 aromatic heterocycles. The average Bonchev–Trinajstić information content (AvgIpc) is 3.33. The second-order valence-corrected chi connectivity index (χ2v) is 11.5. The number of thioether (sulfide) groups is 1. The molecule has 3 aliphatic rings. The molecule has 0 aromatic carbocycles. The van der Waals surface area contributed by atoms with Gasteiger partial charge in [0.1, 0.15) is 22.8 Å². The number of nitrogens with one attached hydrogen (secondary N) is 1. The van der Waals surface area contributed by atoms with Crippen molar-refractivity contribution in [3.05, 3.63) is 59.0 Å². The number of carbonyl (C=O) groups excluding carboxylic acids is 2. The second-order valence-electron chi connectivity index (χ2n) is 9.53. The number of β-lactam (4-membered cyclic amide) rings is 1. The van der Waals surface area contributed by atoms with Gasteiger partial charge in [0, 0.05) is 30.0 Å². The quantitative estimate of drug-likeness (QED) is 0.108. The normalized spacial score (nSPS) is 21.6. The number of rotatable bonds is 10. The first kappa shape index (κ1) is 28.1.